The average molecular weight is 459 g/mol. The van der Waals surface area contributed by atoms with Crippen molar-refractivity contribution in [1.82, 2.24) is 0 Å². The first-order chi connectivity index (χ1) is 10.8. The maximum Gasteiger partial charge on any atom is 0.342 e. The van der Waals surface area contributed by atoms with Gasteiger partial charge in [0.15, 0.2) is 6.07 Å². The zero-order valence-electron chi connectivity index (χ0n) is 12.7. The summed E-state index contributed by atoms with van der Waals surface area (Å²) >= 11 is 7.65. The van der Waals surface area contributed by atoms with Gasteiger partial charge in [-0.2, -0.15) is 0 Å². The molecule has 1 aliphatic carbocycles. The second-order valence-electron chi connectivity index (χ2n) is 5.68. The van der Waals surface area contributed by atoms with Crippen molar-refractivity contribution in [3.8, 4) is 5.75 Å². The molecule has 1 aromatic rings. The predicted molar refractivity (Wildman–Crippen MR) is 92.4 cm³/mol. The van der Waals surface area contributed by atoms with Crippen LogP contribution >= 0.6 is 34.2 Å². The van der Waals surface area contributed by atoms with E-state index in [1.54, 1.807) is 18.2 Å². The highest BCUT2D eigenvalue weighted by molar-refractivity contribution is 14.1. The van der Waals surface area contributed by atoms with Gasteiger partial charge in [-0.25, -0.2) is 13.6 Å². The van der Waals surface area contributed by atoms with E-state index in [0.29, 0.717) is 12.2 Å². The van der Waals surface area contributed by atoms with Crippen LogP contribution in [0.3, 0.4) is 0 Å². The summed E-state index contributed by atoms with van der Waals surface area (Å²) in [5, 5.41) is 0. The van der Waals surface area contributed by atoms with Crippen molar-refractivity contribution in [2.75, 3.05) is 6.07 Å². The Morgan fingerprint density at radius 3 is 2.52 bits per heavy atom. The van der Waals surface area contributed by atoms with E-state index < -0.39 is 17.5 Å². The Morgan fingerprint density at radius 1 is 1.30 bits per heavy atom. The largest absolute Gasteiger partial charge is 0.477 e. The molecular weight excluding hydrogens is 441 g/mol. The average Bonchev–Trinajstić information content (AvgIpc) is 2.51. The van der Waals surface area contributed by atoms with Gasteiger partial charge in [0.05, 0.1) is 0 Å². The monoisotopic (exact) mass is 458 g/mol. The normalized spacial score (nSPS) is 19.2. The summed E-state index contributed by atoms with van der Waals surface area (Å²) in [6.07, 6.45) is 0.317. The number of ether oxygens (including phenoxy) is 2. The molecule has 0 spiro atoms. The molecule has 3 nitrogen and oxygen atoms in total. The van der Waals surface area contributed by atoms with E-state index in [-0.39, 0.29) is 37.3 Å². The third-order valence-electron chi connectivity index (χ3n) is 4.22. The molecule has 0 saturated heterocycles. The minimum atomic E-state index is -2.67. The van der Waals surface area contributed by atoms with Crippen LogP contribution in [0, 0.1) is 3.57 Å². The molecule has 128 valence electrons. The highest BCUT2D eigenvalue weighted by Crippen LogP contribution is 2.42. The summed E-state index contributed by atoms with van der Waals surface area (Å²) in [7, 11) is 0. The van der Waals surface area contributed by atoms with Crippen LogP contribution in [0.5, 0.6) is 5.75 Å². The van der Waals surface area contributed by atoms with Gasteiger partial charge in [0.1, 0.15) is 16.9 Å². The maximum absolute atomic E-state index is 13.4. The molecule has 0 heterocycles. The number of esters is 1. The first kappa shape index (κ1) is 18.7. The second-order valence-corrected chi connectivity index (χ2v) is 7.14. The molecule has 23 heavy (non-hydrogen) atoms. The molecule has 2 rings (SSSR count). The van der Waals surface area contributed by atoms with Gasteiger partial charge in [-0.3, -0.25) is 0 Å². The quantitative estimate of drug-likeness (QED) is 0.338. The number of hydrogen-bond acceptors (Lipinski definition) is 3. The van der Waals surface area contributed by atoms with E-state index in [1.165, 1.54) is 0 Å². The number of carbonyl (C=O) groups excluding carboxylic acids is 1. The van der Waals surface area contributed by atoms with Crippen molar-refractivity contribution in [1.29, 1.82) is 0 Å². The zero-order valence-corrected chi connectivity index (χ0v) is 15.6. The van der Waals surface area contributed by atoms with Gasteiger partial charge in [-0.15, -0.1) is 0 Å². The minimum Gasteiger partial charge on any atom is -0.477 e. The van der Waals surface area contributed by atoms with Crippen LogP contribution in [-0.2, 0) is 4.74 Å². The fourth-order valence-corrected chi connectivity index (χ4v) is 3.31. The van der Waals surface area contributed by atoms with Gasteiger partial charge in [0.25, 0.3) is 0 Å². The molecule has 1 aromatic carbocycles. The number of rotatable bonds is 5. The van der Waals surface area contributed by atoms with Crippen molar-refractivity contribution in [2.45, 2.75) is 50.6 Å². The Labute approximate surface area is 152 Å². The van der Waals surface area contributed by atoms with Crippen molar-refractivity contribution < 1.29 is 23.0 Å². The number of benzene rings is 1. The lowest BCUT2D eigenvalue weighted by Gasteiger charge is -2.39. The first-order valence-electron chi connectivity index (χ1n) is 7.40. The summed E-state index contributed by atoms with van der Waals surface area (Å²) in [5.41, 5.74) is -0.569. The Kier molecular flexibility index (Phi) is 6.10. The molecule has 0 aliphatic heterocycles. The van der Waals surface area contributed by atoms with Gasteiger partial charge in [-0.05, 0) is 60.1 Å². The topological polar surface area (TPSA) is 35.5 Å². The van der Waals surface area contributed by atoms with E-state index in [1.807, 2.05) is 6.92 Å². The summed E-state index contributed by atoms with van der Waals surface area (Å²) in [6.45, 7) is 1.85. The van der Waals surface area contributed by atoms with E-state index in [9.17, 15) is 13.6 Å². The minimum absolute atomic E-state index is 0.0913. The fourth-order valence-electron chi connectivity index (χ4n) is 2.70. The lowest BCUT2D eigenvalue weighted by Crippen LogP contribution is -2.42. The molecule has 0 atom stereocenters. The lowest BCUT2D eigenvalue weighted by molar-refractivity contribution is -0.111. The highest BCUT2D eigenvalue weighted by atomic mass is 127. The van der Waals surface area contributed by atoms with Crippen LogP contribution in [0.15, 0.2) is 18.2 Å². The smallest absolute Gasteiger partial charge is 0.342 e. The third-order valence-corrected chi connectivity index (χ3v) is 5.00. The molecule has 1 aliphatic rings. The summed E-state index contributed by atoms with van der Waals surface area (Å²) in [5.74, 6) is -2.89. The van der Waals surface area contributed by atoms with E-state index in [2.05, 4.69) is 22.6 Å². The lowest BCUT2D eigenvalue weighted by atomic mass is 9.81. The molecule has 0 amide bonds. The van der Waals surface area contributed by atoms with Crippen molar-refractivity contribution in [3.05, 3.63) is 27.3 Å². The van der Waals surface area contributed by atoms with E-state index in [0.717, 1.165) is 3.57 Å². The number of halogens is 4. The van der Waals surface area contributed by atoms with Crippen molar-refractivity contribution in [2.24, 2.45) is 0 Å². The maximum atomic E-state index is 13.4. The van der Waals surface area contributed by atoms with Gasteiger partial charge in [-0.1, -0.05) is 18.5 Å². The molecular formula is C16H18ClF2IO3. The molecule has 0 aromatic heterocycles. The van der Waals surface area contributed by atoms with Gasteiger partial charge in [0.2, 0.25) is 5.92 Å². The first-order valence-corrected chi connectivity index (χ1v) is 9.02. The molecule has 0 N–H and O–H groups in total. The van der Waals surface area contributed by atoms with Gasteiger partial charge < -0.3 is 9.47 Å². The second kappa shape index (κ2) is 7.51. The molecule has 0 bridgehead atoms. The Hall–Kier alpha value is -0.630. The summed E-state index contributed by atoms with van der Waals surface area (Å²) in [4.78, 5) is 12.6. The van der Waals surface area contributed by atoms with Crippen LogP contribution in [0.2, 0.25) is 0 Å². The molecule has 0 unspecified atom stereocenters. The van der Waals surface area contributed by atoms with Gasteiger partial charge >= 0.3 is 5.97 Å². The molecule has 7 heteroatoms. The molecule has 1 fully saturated rings. The van der Waals surface area contributed by atoms with Crippen LogP contribution in [0.25, 0.3) is 0 Å². The Morgan fingerprint density at radius 2 is 1.96 bits per heavy atom. The summed E-state index contributed by atoms with van der Waals surface area (Å²) in [6, 6.07) is 4.99. The molecule has 0 radical (unpaired) electrons. The number of hydrogen-bond donors (Lipinski definition) is 0. The number of carbonyl (C=O) groups is 1. The summed E-state index contributed by atoms with van der Waals surface area (Å²) < 4.78 is 38.5. The van der Waals surface area contributed by atoms with Crippen LogP contribution in [0.4, 0.5) is 8.78 Å². The Balaban J connectivity index is 2.19. The standard InChI is InChI=1S/C16H18ClF2IO3/c1-2-15(5-7-16(18,19)8-6-15)23-14(21)12-9-11(20)3-4-13(12)22-10-17/h3-4,9H,2,5-8,10H2,1H3. The van der Waals surface area contributed by atoms with Crippen molar-refractivity contribution >= 4 is 40.2 Å². The van der Waals surface area contributed by atoms with E-state index >= 15 is 0 Å². The van der Waals surface area contributed by atoms with Crippen molar-refractivity contribution in [3.63, 3.8) is 0 Å². The van der Waals surface area contributed by atoms with Crippen LogP contribution in [-0.4, -0.2) is 23.6 Å². The SMILES string of the molecule is CCC1(OC(=O)c2cc(I)ccc2OCCl)CCC(F)(F)CC1. The Bertz CT molecular complexity index is 570. The van der Waals surface area contributed by atoms with Crippen LogP contribution < -0.4 is 4.74 Å². The fraction of sp³-hybridized carbons (Fsp3) is 0.562. The van der Waals surface area contributed by atoms with Crippen LogP contribution in [0.1, 0.15) is 49.4 Å². The highest BCUT2D eigenvalue weighted by Gasteiger charge is 2.45. The number of alkyl halides is 3. The molecule has 1 saturated carbocycles. The zero-order chi connectivity index (χ0) is 17.1. The third kappa shape index (κ3) is 4.68. The van der Waals surface area contributed by atoms with E-state index in [4.69, 9.17) is 21.1 Å². The predicted octanol–water partition coefficient (Wildman–Crippen LogP) is 5.38. The van der Waals surface area contributed by atoms with Gasteiger partial charge in [0, 0.05) is 16.4 Å².